The lowest BCUT2D eigenvalue weighted by molar-refractivity contribution is -0.127. The first-order valence-corrected chi connectivity index (χ1v) is 7.97. The summed E-state index contributed by atoms with van der Waals surface area (Å²) < 4.78 is 5.20. The highest BCUT2D eigenvalue weighted by atomic mass is 16.5. The molecule has 5 heteroatoms. The number of nitrogens with zero attached hydrogens (tertiary/aromatic N) is 1. The Hall–Kier alpha value is -2.30. The summed E-state index contributed by atoms with van der Waals surface area (Å²) in [5.74, 6) is 0.614. The number of ether oxygens (including phenoxy) is 1. The molecule has 0 spiro atoms. The van der Waals surface area contributed by atoms with Gasteiger partial charge in [0.15, 0.2) is 6.61 Å². The van der Waals surface area contributed by atoms with Crippen LogP contribution in [0.25, 0.3) is 6.08 Å². The third-order valence-electron chi connectivity index (χ3n) is 4.03. The normalized spacial score (nSPS) is 17.9. The monoisotopic (exact) mass is 316 g/mol. The lowest BCUT2D eigenvalue weighted by atomic mass is 10.0. The highest BCUT2D eigenvalue weighted by molar-refractivity contribution is 5.92. The maximum Gasteiger partial charge on any atom is 0.255 e. The molecule has 0 saturated carbocycles. The Morgan fingerprint density at radius 2 is 2.04 bits per heavy atom. The average molecular weight is 316 g/mol. The van der Waals surface area contributed by atoms with Crippen molar-refractivity contribution in [1.82, 2.24) is 4.90 Å². The Kier molecular flexibility index (Phi) is 5.79. The van der Waals surface area contributed by atoms with Gasteiger partial charge in [-0.25, -0.2) is 0 Å². The number of rotatable bonds is 6. The molecule has 2 N–H and O–H groups in total. The first kappa shape index (κ1) is 17.1. The second kappa shape index (κ2) is 7.81. The summed E-state index contributed by atoms with van der Waals surface area (Å²) >= 11 is 0. The first-order chi connectivity index (χ1) is 11.0. The van der Waals surface area contributed by atoms with Crippen molar-refractivity contribution in [3.05, 3.63) is 35.9 Å². The van der Waals surface area contributed by atoms with Gasteiger partial charge in [0.25, 0.3) is 5.91 Å². The van der Waals surface area contributed by atoms with Gasteiger partial charge in [0.2, 0.25) is 5.91 Å². The number of primary amides is 1. The van der Waals surface area contributed by atoms with Crippen LogP contribution < -0.4 is 10.5 Å². The Labute approximate surface area is 137 Å². The van der Waals surface area contributed by atoms with Crippen LogP contribution in [0.15, 0.2) is 30.3 Å². The predicted octanol–water partition coefficient (Wildman–Crippen LogP) is 2.21. The van der Waals surface area contributed by atoms with E-state index >= 15 is 0 Å². The molecule has 0 unspecified atom stereocenters. The van der Waals surface area contributed by atoms with E-state index < -0.39 is 5.91 Å². The van der Waals surface area contributed by atoms with Crippen LogP contribution in [0.5, 0.6) is 5.75 Å². The van der Waals surface area contributed by atoms with Crippen molar-refractivity contribution in [2.75, 3.05) is 13.2 Å². The van der Waals surface area contributed by atoms with E-state index in [1.165, 1.54) is 0 Å². The van der Waals surface area contributed by atoms with Gasteiger partial charge in [-0.1, -0.05) is 26.0 Å². The molecule has 23 heavy (non-hydrogen) atoms. The quantitative estimate of drug-likeness (QED) is 0.818. The van der Waals surface area contributed by atoms with Gasteiger partial charge in [-0.05, 0) is 42.5 Å². The summed E-state index contributed by atoms with van der Waals surface area (Å²) in [7, 11) is 0. The molecule has 124 valence electrons. The predicted molar refractivity (Wildman–Crippen MR) is 89.7 cm³/mol. The molecule has 1 aromatic rings. The van der Waals surface area contributed by atoms with Crippen LogP contribution >= 0.6 is 0 Å². The van der Waals surface area contributed by atoms with E-state index in [1.807, 2.05) is 17.0 Å². The molecule has 1 saturated heterocycles. The molecule has 1 atom stereocenters. The summed E-state index contributed by atoms with van der Waals surface area (Å²) in [5.41, 5.74) is 5.93. The highest BCUT2D eigenvalue weighted by Crippen LogP contribution is 2.24. The average Bonchev–Trinajstić information content (AvgIpc) is 3.01. The number of nitrogens with two attached hydrogens (primary N) is 1. The van der Waals surface area contributed by atoms with Gasteiger partial charge in [-0.2, -0.15) is 0 Å². The Morgan fingerprint density at radius 3 is 2.65 bits per heavy atom. The van der Waals surface area contributed by atoms with Gasteiger partial charge in [-0.3, -0.25) is 9.59 Å². The molecule has 2 amide bonds. The SMILES string of the molecule is CC(C)[C@@H]1CCCN1C(=O)/C=C\c1ccc(OCC(N)=O)cc1. The fourth-order valence-corrected chi connectivity index (χ4v) is 2.85. The number of hydrogen-bond donors (Lipinski definition) is 1. The van der Waals surface area contributed by atoms with E-state index in [2.05, 4.69) is 13.8 Å². The van der Waals surface area contributed by atoms with E-state index in [0.29, 0.717) is 17.7 Å². The number of carbonyl (C=O) groups is 2. The zero-order valence-corrected chi connectivity index (χ0v) is 13.7. The smallest absolute Gasteiger partial charge is 0.255 e. The van der Waals surface area contributed by atoms with Gasteiger partial charge in [0.1, 0.15) is 5.75 Å². The Morgan fingerprint density at radius 1 is 1.35 bits per heavy atom. The third kappa shape index (κ3) is 4.84. The number of hydrogen-bond acceptors (Lipinski definition) is 3. The van der Waals surface area contributed by atoms with Crippen molar-refractivity contribution in [2.45, 2.75) is 32.7 Å². The lowest BCUT2D eigenvalue weighted by Crippen LogP contribution is -2.37. The standard InChI is InChI=1S/C18H24N2O3/c1-13(2)16-4-3-11-20(16)18(22)10-7-14-5-8-15(9-6-14)23-12-17(19)21/h5-10,13,16H,3-4,11-12H2,1-2H3,(H2,19,21)/b10-7-/t16-/m0/s1. The Bertz CT molecular complexity index is 578. The molecule has 0 aromatic heterocycles. The highest BCUT2D eigenvalue weighted by Gasteiger charge is 2.29. The van der Waals surface area contributed by atoms with Crippen molar-refractivity contribution in [2.24, 2.45) is 11.7 Å². The summed E-state index contributed by atoms with van der Waals surface area (Å²) in [5, 5.41) is 0. The molecule has 5 nitrogen and oxygen atoms in total. The molecule has 0 bridgehead atoms. The van der Waals surface area contributed by atoms with Crippen LogP contribution in [0.3, 0.4) is 0 Å². The number of benzene rings is 1. The fourth-order valence-electron chi connectivity index (χ4n) is 2.85. The minimum atomic E-state index is -0.509. The zero-order chi connectivity index (χ0) is 16.8. The molecular weight excluding hydrogens is 292 g/mol. The van der Waals surface area contributed by atoms with Crippen molar-refractivity contribution < 1.29 is 14.3 Å². The Balaban J connectivity index is 1.94. The number of amides is 2. The van der Waals surface area contributed by atoms with Crippen LogP contribution in [0.2, 0.25) is 0 Å². The molecule has 1 heterocycles. The fraction of sp³-hybridized carbons (Fsp3) is 0.444. The second-order valence-electron chi connectivity index (χ2n) is 6.14. The summed E-state index contributed by atoms with van der Waals surface area (Å²) in [6.45, 7) is 5.01. The number of likely N-dealkylation sites (tertiary alicyclic amines) is 1. The van der Waals surface area contributed by atoms with Crippen LogP contribution in [0.4, 0.5) is 0 Å². The lowest BCUT2D eigenvalue weighted by Gasteiger charge is -2.26. The van der Waals surface area contributed by atoms with E-state index in [4.69, 9.17) is 10.5 Å². The van der Waals surface area contributed by atoms with Crippen LogP contribution in [0.1, 0.15) is 32.3 Å². The van der Waals surface area contributed by atoms with Crippen molar-refractivity contribution in [1.29, 1.82) is 0 Å². The minimum Gasteiger partial charge on any atom is -0.484 e. The second-order valence-corrected chi connectivity index (χ2v) is 6.14. The number of carbonyl (C=O) groups excluding carboxylic acids is 2. The molecule has 1 aliphatic rings. The van der Waals surface area contributed by atoms with Crippen LogP contribution in [-0.4, -0.2) is 35.9 Å². The van der Waals surface area contributed by atoms with Crippen LogP contribution in [0, 0.1) is 5.92 Å². The van der Waals surface area contributed by atoms with Gasteiger partial charge in [-0.15, -0.1) is 0 Å². The van der Waals surface area contributed by atoms with Gasteiger partial charge in [0, 0.05) is 18.7 Å². The van der Waals surface area contributed by atoms with E-state index in [0.717, 1.165) is 24.9 Å². The summed E-state index contributed by atoms with van der Waals surface area (Å²) in [4.78, 5) is 25.0. The molecule has 1 aliphatic heterocycles. The van der Waals surface area contributed by atoms with Crippen molar-refractivity contribution in [3.8, 4) is 5.75 Å². The summed E-state index contributed by atoms with van der Waals surface area (Å²) in [6.07, 6.45) is 5.59. The first-order valence-electron chi connectivity index (χ1n) is 7.97. The largest absolute Gasteiger partial charge is 0.484 e. The maximum absolute atomic E-state index is 12.3. The maximum atomic E-state index is 12.3. The molecule has 0 radical (unpaired) electrons. The van der Waals surface area contributed by atoms with E-state index in [9.17, 15) is 9.59 Å². The zero-order valence-electron chi connectivity index (χ0n) is 13.7. The molecule has 2 rings (SSSR count). The molecular formula is C18H24N2O3. The van der Waals surface area contributed by atoms with E-state index in [-0.39, 0.29) is 12.5 Å². The summed E-state index contributed by atoms with van der Waals surface area (Å²) in [6, 6.07) is 7.52. The van der Waals surface area contributed by atoms with E-state index in [1.54, 1.807) is 24.3 Å². The van der Waals surface area contributed by atoms with Gasteiger partial charge >= 0.3 is 0 Å². The molecule has 1 aromatic carbocycles. The molecule has 0 aliphatic carbocycles. The van der Waals surface area contributed by atoms with Crippen molar-refractivity contribution >= 4 is 17.9 Å². The van der Waals surface area contributed by atoms with Crippen molar-refractivity contribution in [3.63, 3.8) is 0 Å². The minimum absolute atomic E-state index is 0.0651. The van der Waals surface area contributed by atoms with Gasteiger partial charge < -0.3 is 15.4 Å². The third-order valence-corrected chi connectivity index (χ3v) is 4.03. The topological polar surface area (TPSA) is 72.6 Å². The molecule has 1 fully saturated rings. The van der Waals surface area contributed by atoms with Gasteiger partial charge in [0.05, 0.1) is 0 Å². The van der Waals surface area contributed by atoms with Crippen LogP contribution in [-0.2, 0) is 9.59 Å².